The molecule has 2 aromatic carbocycles. The van der Waals surface area contributed by atoms with Crippen molar-refractivity contribution in [2.45, 2.75) is 20.4 Å². The number of amides is 1. The molecule has 1 fully saturated rings. The number of aryl methyl sites for hydroxylation is 1. The van der Waals surface area contributed by atoms with Crippen molar-refractivity contribution >= 4 is 34.6 Å². The van der Waals surface area contributed by atoms with E-state index in [0.29, 0.717) is 22.4 Å². The van der Waals surface area contributed by atoms with Crippen LogP contribution in [-0.4, -0.2) is 20.5 Å². The van der Waals surface area contributed by atoms with Gasteiger partial charge in [0.15, 0.2) is 5.17 Å². The average molecular weight is 472 g/mol. The van der Waals surface area contributed by atoms with Gasteiger partial charge in [-0.1, -0.05) is 24.3 Å². The highest BCUT2D eigenvalue weighted by molar-refractivity contribution is 8.18. The summed E-state index contributed by atoms with van der Waals surface area (Å²) in [7, 11) is 0. The lowest BCUT2D eigenvalue weighted by Gasteiger charge is -2.13. The first kappa shape index (κ1) is 22.0. The fourth-order valence-electron chi connectivity index (χ4n) is 3.99. The van der Waals surface area contributed by atoms with Crippen molar-refractivity contribution in [3.8, 4) is 5.69 Å². The first-order valence-electron chi connectivity index (χ1n) is 10.8. The number of hydrogen-bond donors (Lipinski definition) is 0. The van der Waals surface area contributed by atoms with Gasteiger partial charge in [0.25, 0.3) is 5.91 Å². The number of aromatic nitrogens is 1. The molecule has 0 radical (unpaired) electrons. The Labute approximate surface area is 201 Å². The van der Waals surface area contributed by atoms with Gasteiger partial charge < -0.3 is 8.98 Å². The van der Waals surface area contributed by atoms with Crippen molar-refractivity contribution in [1.82, 2.24) is 9.47 Å². The molecule has 0 bridgehead atoms. The lowest BCUT2D eigenvalue weighted by molar-refractivity contribution is -0.122. The van der Waals surface area contributed by atoms with E-state index in [2.05, 4.69) is 0 Å². The monoisotopic (exact) mass is 471 g/mol. The number of furan rings is 1. The number of carbonyl (C=O) groups is 1. The Balaban J connectivity index is 1.52. The van der Waals surface area contributed by atoms with Crippen LogP contribution in [0.3, 0.4) is 0 Å². The standard InChI is InChI=1S/C27H22FN3O2S/c1-18-14-20(19(2)31(18)23-11-6-8-21(28)16-23)15-25-26(32)30(17-24-12-7-13-33-24)27(34-25)29-22-9-4-3-5-10-22/h3-16H,17H2,1-2H3/b25-15+,29-27?. The van der Waals surface area contributed by atoms with E-state index in [-0.39, 0.29) is 11.7 Å². The molecule has 4 aromatic rings. The quantitative estimate of drug-likeness (QED) is 0.307. The van der Waals surface area contributed by atoms with Gasteiger partial charge in [-0.05, 0) is 85.8 Å². The third kappa shape index (κ3) is 4.34. The predicted molar refractivity (Wildman–Crippen MR) is 134 cm³/mol. The highest BCUT2D eigenvalue weighted by atomic mass is 32.2. The van der Waals surface area contributed by atoms with Gasteiger partial charge >= 0.3 is 0 Å². The molecule has 34 heavy (non-hydrogen) atoms. The first-order chi connectivity index (χ1) is 16.5. The summed E-state index contributed by atoms with van der Waals surface area (Å²) in [4.78, 5) is 20.3. The van der Waals surface area contributed by atoms with E-state index >= 15 is 0 Å². The SMILES string of the molecule is Cc1cc(/C=C2/SC(=Nc3ccccc3)N(Cc3ccco3)C2=O)c(C)n1-c1cccc(F)c1. The molecule has 0 saturated carbocycles. The fourth-order valence-corrected chi connectivity index (χ4v) is 4.98. The van der Waals surface area contributed by atoms with Crippen LogP contribution in [0.1, 0.15) is 22.7 Å². The molecule has 0 N–H and O–H groups in total. The third-order valence-electron chi connectivity index (χ3n) is 5.59. The molecule has 3 heterocycles. The minimum Gasteiger partial charge on any atom is -0.467 e. The van der Waals surface area contributed by atoms with Crippen LogP contribution < -0.4 is 0 Å². The molecular formula is C27H22FN3O2S. The average Bonchev–Trinajstić information content (AvgIpc) is 3.51. The van der Waals surface area contributed by atoms with Gasteiger partial charge in [-0.25, -0.2) is 9.38 Å². The Morgan fingerprint density at radius 2 is 1.85 bits per heavy atom. The number of amidine groups is 1. The maximum Gasteiger partial charge on any atom is 0.267 e. The lowest BCUT2D eigenvalue weighted by Crippen LogP contribution is -2.28. The highest BCUT2D eigenvalue weighted by Crippen LogP contribution is 2.36. The molecule has 1 amide bonds. The summed E-state index contributed by atoms with van der Waals surface area (Å²) < 4.78 is 21.3. The maximum atomic E-state index is 13.8. The molecule has 2 aromatic heterocycles. The lowest BCUT2D eigenvalue weighted by atomic mass is 10.2. The zero-order valence-electron chi connectivity index (χ0n) is 18.7. The van der Waals surface area contributed by atoms with Gasteiger partial charge in [-0.15, -0.1) is 0 Å². The summed E-state index contributed by atoms with van der Waals surface area (Å²) in [5.74, 6) is 0.258. The summed E-state index contributed by atoms with van der Waals surface area (Å²) in [6.07, 6.45) is 3.48. The number of thioether (sulfide) groups is 1. The van der Waals surface area contributed by atoms with Crippen molar-refractivity contribution in [2.24, 2.45) is 4.99 Å². The first-order valence-corrected chi connectivity index (χ1v) is 11.6. The van der Waals surface area contributed by atoms with E-state index in [4.69, 9.17) is 9.41 Å². The van der Waals surface area contributed by atoms with Gasteiger partial charge in [0.05, 0.1) is 23.4 Å². The van der Waals surface area contributed by atoms with Crippen LogP contribution in [0.5, 0.6) is 0 Å². The third-order valence-corrected chi connectivity index (χ3v) is 6.59. The highest BCUT2D eigenvalue weighted by Gasteiger charge is 2.34. The van der Waals surface area contributed by atoms with Crippen LogP contribution >= 0.6 is 11.8 Å². The number of rotatable bonds is 5. The smallest absolute Gasteiger partial charge is 0.267 e. The number of benzene rings is 2. The molecule has 0 atom stereocenters. The molecule has 5 rings (SSSR count). The molecular weight excluding hydrogens is 449 g/mol. The van der Waals surface area contributed by atoms with E-state index in [0.717, 1.165) is 28.3 Å². The molecule has 0 aliphatic carbocycles. The molecule has 1 aliphatic rings. The number of carbonyl (C=O) groups excluding carboxylic acids is 1. The van der Waals surface area contributed by atoms with Crippen LogP contribution in [0.2, 0.25) is 0 Å². The Morgan fingerprint density at radius 1 is 1.03 bits per heavy atom. The molecule has 5 nitrogen and oxygen atoms in total. The van der Waals surface area contributed by atoms with Crippen molar-refractivity contribution < 1.29 is 13.6 Å². The minimum atomic E-state index is -0.290. The zero-order chi connectivity index (χ0) is 23.7. The molecule has 1 saturated heterocycles. The van der Waals surface area contributed by atoms with E-state index < -0.39 is 0 Å². The van der Waals surface area contributed by atoms with E-state index in [9.17, 15) is 9.18 Å². The number of para-hydroxylation sites is 1. The predicted octanol–water partition coefficient (Wildman–Crippen LogP) is 6.63. The minimum absolute atomic E-state index is 0.133. The van der Waals surface area contributed by atoms with E-state index in [1.165, 1.54) is 23.9 Å². The topological polar surface area (TPSA) is 50.7 Å². The van der Waals surface area contributed by atoms with Gasteiger partial charge in [0.2, 0.25) is 0 Å². The fraction of sp³-hybridized carbons (Fsp3) is 0.111. The van der Waals surface area contributed by atoms with Crippen LogP contribution in [0, 0.1) is 19.7 Å². The van der Waals surface area contributed by atoms with Crippen LogP contribution in [0.4, 0.5) is 10.1 Å². The maximum absolute atomic E-state index is 13.8. The number of aliphatic imine (C=N–C) groups is 1. The number of hydrogen-bond acceptors (Lipinski definition) is 4. The van der Waals surface area contributed by atoms with E-state index in [1.54, 1.807) is 23.3 Å². The second-order valence-corrected chi connectivity index (χ2v) is 8.96. The van der Waals surface area contributed by atoms with Crippen LogP contribution in [0.15, 0.2) is 93.4 Å². The van der Waals surface area contributed by atoms with Gasteiger partial charge in [0, 0.05) is 17.1 Å². The van der Waals surface area contributed by atoms with Crippen molar-refractivity contribution in [1.29, 1.82) is 0 Å². The van der Waals surface area contributed by atoms with Gasteiger partial charge in [0.1, 0.15) is 11.6 Å². The molecule has 170 valence electrons. The van der Waals surface area contributed by atoms with Gasteiger partial charge in [-0.2, -0.15) is 0 Å². The Kier molecular flexibility index (Phi) is 5.94. The molecule has 7 heteroatoms. The molecule has 1 aliphatic heterocycles. The van der Waals surface area contributed by atoms with Crippen molar-refractivity contribution in [3.63, 3.8) is 0 Å². The van der Waals surface area contributed by atoms with Crippen LogP contribution in [-0.2, 0) is 11.3 Å². The second-order valence-electron chi connectivity index (χ2n) is 7.95. The van der Waals surface area contributed by atoms with Crippen molar-refractivity contribution in [3.05, 3.63) is 112 Å². The van der Waals surface area contributed by atoms with Crippen molar-refractivity contribution in [2.75, 3.05) is 0 Å². The summed E-state index contributed by atoms with van der Waals surface area (Å²) in [5.41, 5.74) is 4.30. The summed E-state index contributed by atoms with van der Waals surface area (Å²) >= 11 is 1.34. The summed E-state index contributed by atoms with van der Waals surface area (Å²) in [6.45, 7) is 4.23. The Hall–Kier alpha value is -3.84. The van der Waals surface area contributed by atoms with Crippen LogP contribution in [0.25, 0.3) is 11.8 Å². The Bertz CT molecular complexity index is 1410. The molecule has 0 unspecified atom stereocenters. The summed E-state index contributed by atoms with van der Waals surface area (Å²) in [5, 5.41) is 0.595. The normalized spacial score (nSPS) is 16.2. The number of nitrogens with zero attached hydrogens (tertiary/aromatic N) is 3. The molecule has 0 spiro atoms. The Morgan fingerprint density at radius 3 is 2.59 bits per heavy atom. The second kappa shape index (κ2) is 9.19. The van der Waals surface area contributed by atoms with Gasteiger partial charge in [-0.3, -0.25) is 9.69 Å². The number of halogens is 1. The van der Waals surface area contributed by atoms with E-state index in [1.807, 2.05) is 73.0 Å². The largest absolute Gasteiger partial charge is 0.467 e. The summed E-state index contributed by atoms with van der Waals surface area (Å²) in [6, 6.07) is 21.7. The zero-order valence-corrected chi connectivity index (χ0v) is 19.6.